The molecule has 2 aromatic rings. The average Bonchev–Trinajstić information content (AvgIpc) is 2.65. The first-order chi connectivity index (χ1) is 12.3. The van der Waals surface area contributed by atoms with Gasteiger partial charge in [-0.3, -0.25) is 4.79 Å². The Morgan fingerprint density at radius 2 is 1.73 bits per heavy atom. The summed E-state index contributed by atoms with van der Waals surface area (Å²) in [4.78, 5) is 11.8. The highest BCUT2D eigenvalue weighted by Crippen LogP contribution is 2.15. The molecule has 0 bridgehead atoms. The lowest BCUT2D eigenvalue weighted by Crippen LogP contribution is -2.30. The van der Waals surface area contributed by atoms with Crippen molar-refractivity contribution >= 4 is 16.0 Å². The second-order valence-electron chi connectivity index (χ2n) is 6.02. The molecule has 0 spiro atoms. The standard InChI is InChI=1S/C19H20N2O4S/c1-14(2)17-7-3-16(4-8-17)13-25-19(22)12-21-26(23,24)18-9-5-15(11-20)6-10-18/h3-10,14,21H,12-13H2,1-2H3. The fourth-order valence-corrected chi connectivity index (χ4v) is 3.13. The van der Waals surface area contributed by atoms with Gasteiger partial charge in [0.25, 0.3) is 0 Å². The van der Waals surface area contributed by atoms with Gasteiger partial charge in [-0.25, -0.2) is 8.42 Å². The van der Waals surface area contributed by atoms with Crippen molar-refractivity contribution in [3.05, 3.63) is 65.2 Å². The van der Waals surface area contributed by atoms with Crippen LogP contribution in [0.1, 0.15) is 36.5 Å². The number of ether oxygens (including phenoxy) is 1. The molecule has 0 aliphatic heterocycles. The molecule has 2 rings (SSSR count). The van der Waals surface area contributed by atoms with Crippen LogP contribution in [-0.4, -0.2) is 20.9 Å². The van der Waals surface area contributed by atoms with E-state index in [0.717, 1.165) is 5.56 Å². The van der Waals surface area contributed by atoms with Crippen LogP contribution in [0.5, 0.6) is 0 Å². The van der Waals surface area contributed by atoms with Gasteiger partial charge >= 0.3 is 5.97 Å². The Balaban J connectivity index is 1.86. The molecule has 0 saturated heterocycles. The molecule has 6 nitrogen and oxygen atoms in total. The van der Waals surface area contributed by atoms with E-state index in [1.807, 2.05) is 30.3 Å². The van der Waals surface area contributed by atoms with Gasteiger partial charge in [0, 0.05) is 0 Å². The van der Waals surface area contributed by atoms with Gasteiger partial charge in [-0.05, 0) is 41.3 Å². The van der Waals surface area contributed by atoms with Crippen molar-refractivity contribution in [3.8, 4) is 6.07 Å². The number of carbonyl (C=O) groups is 1. The molecule has 136 valence electrons. The Bertz CT molecular complexity index is 896. The Morgan fingerprint density at radius 3 is 2.27 bits per heavy atom. The van der Waals surface area contributed by atoms with Gasteiger partial charge in [-0.2, -0.15) is 9.98 Å². The lowest BCUT2D eigenvalue weighted by atomic mass is 10.0. The second-order valence-corrected chi connectivity index (χ2v) is 7.78. The van der Waals surface area contributed by atoms with Crippen LogP contribution in [0.3, 0.4) is 0 Å². The first kappa shape index (κ1) is 19.6. The monoisotopic (exact) mass is 372 g/mol. The molecule has 0 amide bonds. The first-order valence-corrected chi connectivity index (χ1v) is 9.54. The van der Waals surface area contributed by atoms with Gasteiger partial charge in [0.05, 0.1) is 16.5 Å². The van der Waals surface area contributed by atoms with E-state index in [1.54, 1.807) is 0 Å². The van der Waals surface area contributed by atoms with E-state index < -0.39 is 22.5 Å². The first-order valence-electron chi connectivity index (χ1n) is 8.06. The predicted molar refractivity (Wildman–Crippen MR) is 96.7 cm³/mol. The predicted octanol–water partition coefficient (Wildman–Crippen LogP) is 2.70. The number of nitriles is 1. The number of esters is 1. The van der Waals surface area contributed by atoms with E-state index in [2.05, 4.69) is 18.6 Å². The summed E-state index contributed by atoms with van der Waals surface area (Å²) in [5.41, 5.74) is 2.37. The molecule has 0 atom stereocenters. The van der Waals surface area contributed by atoms with Gasteiger partial charge in [0.15, 0.2) is 0 Å². The molecule has 0 aromatic heterocycles. The number of carbonyl (C=O) groups excluding carboxylic acids is 1. The van der Waals surface area contributed by atoms with E-state index in [1.165, 1.54) is 29.8 Å². The maximum absolute atomic E-state index is 12.1. The van der Waals surface area contributed by atoms with Crippen molar-refractivity contribution in [2.45, 2.75) is 31.3 Å². The van der Waals surface area contributed by atoms with Gasteiger partial charge in [0.1, 0.15) is 13.2 Å². The minimum absolute atomic E-state index is 0.0198. The topological polar surface area (TPSA) is 96.3 Å². The summed E-state index contributed by atoms with van der Waals surface area (Å²) < 4.78 is 31.5. The molecule has 26 heavy (non-hydrogen) atoms. The normalized spacial score (nSPS) is 11.2. The second kappa shape index (κ2) is 8.61. The summed E-state index contributed by atoms with van der Waals surface area (Å²) in [6.45, 7) is 3.80. The number of nitrogens with one attached hydrogen (secondary N) is 1. The molecule has 7 heteroatoms. The number of hydrogen-bond donors (Lipinski definition) is 1. The highest BCUT2D eigenvalue weighted by molar-refractivity contribution is 7.89. The van der Waals surface area contributed by atoms with Crippen LogP contribution in [-0.2, 0) is 26.2 Å². The Hall–Kier alpha value is -2.69. The molecular formula is C19H20N2O4S. The number of nitrogens with zero attached hydrogens (tertiary/aromatic N) is 1. The number of hydrogen-bond acceptors (Lipinski definition) is 5. The van der Waals surface area contributed by atoms with Gasteiger partial charge in [0.2, 0.25) is 10.0 Å². The molecule has 0 aliphatic rings. The van der Waals surface area contributed by atoms with Crippen molar-refractivity contribution in [1.29, 1.82) is 5.26 Å². The number of rotatable bonds is 7. The molecule has 0 fully saturated rings. The van der Waals surface area contributed by atoms with Crippen LogP contribution >= 0.6 is 0 Å². The maximum atomic E-state index is 12.1. The summed E-state index contributed by atoms with van der Waals surface area (Å²) >= 11 is 0. The van der Waals surface area contributed by atoms with E-state index in [-0.39, 0.29) is 11.5 Å². The van der Waals surface area contributed by atoms with Crippen molar-refractivity contribution < 1.29 is 17.9 Å². The number of benzene rings is 2. The smallest absolute Gasteiger partial charge is 0.321 e. The largest absolute Gasteiger partial charge is 0.460 e. The van der Waals surface area contributed by atoms with Gasteiger partial charge in [-0.15, -0.1) is 0 Å². The maximum Gasteiger partial charge on any atom is 0.321 e. The molecule has 0 unspecified atom stereocenters. The zero-order valence-corrected chi connectivity index (χ0v) is 15.4. The summed E-state index contributed by atoms with van der Waals surface area (Å²) in [7, 11) is -3.84. The molecule has 0 saturated carbocycles. The molecule has 0 radical (unpaired) electrons. The third kappa shape index (κ3) is 5.41. The van der Waals surface area contributed by atoms with Crippen molar-refractivity contribution in [3.63, 3.8) is 0 Å². The fourth-order valence-electron chi connectivity index (χ4n) is 2.16. The highest BCUT2D eigenvalue weighted by atomic mass is 32.2. The lowest BCUT2D eigenvalue weighted by molar-refractivity contribution is -0.143. The summed E-state index contributed by atoms with van der Waals surface area (Å²) in [5.74, 6) is -0.251. The lowest BCUT2D eigenvalue weighted by Gasteiger charge is -2.09. The average molecular weight is 372 g/mol. The van der Waals surface area contributed by atoms with E-state index >= 15 is 0 Å². The summed E-state index contributed by atoms with van der Waals surface area (Å²) in [6.07, 6.45) is 0. The molecule has 2 aromatic carbocycles. The van der Waals surface area contributed by atoms with Crippen LogP contribution in [0, 0.1) is 11.3 Å². The van der Waals surface area contributed by atoms with Crippen LogP contribution in [0.15, 0.2) is 53.4 Å². The quantitative estimate of drug-likeness (QED) is 0.754. The molecule has 0 aliphatic carbocycles. The van der Waals surface area contributed by atoms with Crippen LogP contribution in [0.4, 0.5) is 0 Å². The van der Waals surface area contributed by atoms with Crippen LogP contribution < -0.4 is 4.72 Å². The minimum Gasteiger partial charge on any atom is -0.460 e. The third-order valence-corrected chi connectivity index (χ3v) is 5.16. The Morgan fingerprint density at radius 1 is 1.12 bits per heavy atom. The van der Waals surface area contributed by atoms with Crippen molar-refractivity contribution in [2.75, 3.05) is 6.54 Å². The third-order valence-electron chi connectivity index (χ3n) is 3.75. The minimum atomic E-state index is -3.84. The molecule has 0 heterocycles. The van der Waals surface area contributed by atoms with Crippen LogP contribution in [0.25, 0.3) is 0 Å². The SMILES string of the molecule is CC(C)c1ccc(COC(=O)CNS(=O)(=O)c2ccc(C#N)cc2)cc1. The summed E-state index contributed by atoms with van der Waals surface area (Å²) in [5, 5.41) is 8.73. The van der Waals surface area contributed by atoms with E-state index in [4.69, 9.17) is 10.00 Å². The van der Waals surface area contributed by atoms with Crippen molar-refractivity contribution in [1.82, 2.24) is 4.72 Å². The Kier molecular flexibility index (Phi) is 6.50. The van der Waals surface area contributed by atoms with Crippen LogP contribution in [0.2, 0.25) is 0 Å². The van der Waals surface area contributed by atoms with Crippen molar-refractivity contribution in [2.24, 2.45) is 0 Å². The Labute approximate surface area is 153 Å². The summed E-state index contributed by atoms with van der Waals surface area (Å²) in [6, 6.07) is 15.0. The molecule has 1 N–H and O–H groups in total. The number of sulfonamides is 1. The molecular weight excluding hydrogens is 352 g/mol. The fraction of sp³-hybridized carbons (Fsp3) is 0.263. The highest BCUT2D eigenvalue weighted by Gasteiger charge is 2.16. The zero-order valence-electron chi connectivity index (χ0n) is 14.6. The van der Waals surface area contributed by atoms with Gasteiger partial charge in [-0.1, -0.05) is 38.1 Å². The van der Waals surface area contributed by atoms with E-state index in [0.29, 0.717) is 11.5 Å². The van der Waals surface area contributed by atoms with Gasteiger partial charge < -0.3 is 4.74 Å². The van der Waals surface area contributed by atoms with E-state index in [9.17, 15) is 13.2 Å². The zero-order chi connectivity index (χ0) is 19.2.